The fourth-order valence-electron chi connectivity index (χ4n) is 3.24. The van der Waals surface area contributed by atoms with Crippen molar-refractivity contribution in [2.45, 2.75) is 13.0 Å². The van der Waals surface area contributed by atoms with Crippen molar-refractivity contribution < 1.29 is 4.39 Å². The molecular weight excluding hydrogens is 313 g/mol. The average Bonchev–Trinajstić information content (AvgIpc) is 2.97. The molecule has 0 bridgehead atoms. The Labute approximate surface area is 145 Å². The number of pyridine rings is 1. The zero-order chi connectivity index (χ0) is 17.2. The van der Waals surface area contributed by atoms with Crippen molar-refractivity contribution in [2.75, 3.05) is 5.32 Å². The fraction of sp³-hybridized carbons (Fsp3) is 0.0952. The predicted octanol–water partition coefficient (Wildman–Crippen LogP) is 5.21. The lowest BCUT2D eigenvalue weighted by atomic mass is 9.99. The molecule has 0 unspecified atom stereocenters. The summed E-state index contributed by atoms with van der Waals surface area (Å²) in [6.45, 7) is 2.04. The molecule has 2 N–H and O–H groups in total. The molecule has 4 heteroatoms. The number of nitrogens with zero attached hydrogens (tertiary/aromatic N) is 1. The summed E-state index contributed by atoms with van der Waals surface area (Å²) in [6.07, 6.45) is 1.76. The van der Waals surface area contributed by atoms with Gasteiger partial charge in [-0.1, -0.05) is 36.4 Å². The highest BCUT2D eigenvalue weighted by atomic mass is 19.1. The number of benzene rings is 2. The van der Waals surface area contributed by atoms with Crippen LogP contribution in [-0.4, -0.2) is 9.97 Å². The van der Waals surface area contributed by atoms with Crippen LogP contribution < -0.4 is 5.32 Å². The van der Waals surface area contributed by atoms with Crippen molar-refractivity contribution in [3.63, 3.8) is 0 Å². The number of nitrogens with one attached hydrogen (secondary N) is 2. The zero-order valence-electron chi connectivity index (χ0n) is 13.8. The Bertz CT molecular complexity index is 1010. The minimum absolute atomic E-state index is 0.255. The lowest BCUT2D eigenvalue weighted by Crippen LogP contribution is -2.15. The SMILES string of the molecule is Cc1[nH]c2ccccc2c1[C@@H](Nc1ccccc1F)c1ccccn1. The molecule has 0 fully saturated rings. The normalized spacial score (nSPS) is 12.2. The van der Waals surface area contributed by atoms with E-state index in [-0.39, 0.29) is 11.9 Å². The Morgan fingerprint density at radius 2 is 1.72 bits per heavy atom. The van der Waals surface area contributed by atoms with E-state index in [1.165, 1.54) is 6.07 Å². The van der Waals surface area contributed by atoms with Crippen LogP contribution in [-0.2, 0) is 0 Å². The molecule has 0 spiro atoms. The number of hydrogen-bond donors (Lipinski definition) is 2. The van der Waals surface area contributed by atoms with E-state index in [1.54, 1.807) is 18.3 Å². The number of rotatable bonds is 4. The van der Waals surface area contributed by atoms with Crippen LogP contribution in [0.5, 0.6) is 0 Å². The molecule has 4 aromatic rings. The van der Waals surface area contributed by atoms with Gasteiger partial charge < -0.3 is 10.3 Å². The smallest absolute Gasteiger partial charge is 0.146 e. The number of halogens is 1. The van der Waals surface area contributed by atoms with Crippen molar-refractivity contribution >= 4 is 16.6 Å². The minimum atomic E-state index is -0.277. The number of para-hydroxylation sites is 2. The van der Waals surface area contributed by atoms with Gasteiger partial charge in [-0.25, -0.2) is 4.39 Å². The van der Waals surface area contributed by atoms with Crippen LogP contribution in [0.15, 0.2) is 72.9 Å². The number of hydrogen-bond acceptors (Lipinski definition) is 2. The van der Waals surface area contributed by atoms with E-state index in [1.807, 2.05) is 49.4 Å². The van der Waals surface area contributed by atoms with Crippen LogP contribution in [0.3, 0.4) is 0 Å². The number of H-pyrrole nitrogens is 1. The van der Waals surface area contributed by atoms with E-state index in [2.05, 4.69) is 21.4 Å². The molecule has 4 rings (SSSR count). The van der Waals surface area contributed by atoms with Crippen LogP contribution in [0, 0.1) is 12.7 Å². The van der Waals surface area contributed by atoms with Gasteiger partial charge in [0, 0.05) is 28.4 Å². The van der Waals surface area contributed by atoms with E-state index >= 15 is 0 Å². The number of aryl methyl sites for hydroxylation is 1. The number of anilines is 1. The maximum Gasteiger partial charge on any atom is 0.146 e. The minimum Gasteiger partial charge on any atom is -0.370 e. The molecule has 0 saturated carbocycles. The van der Waals surface area contributed by atoms with Gasteiger partial charge in [-0.2, -0.15) is 0 Å². The Morgan fingerprint density at radius 3 is 2.52 bits per heavy atom. The topological polar surface area (TPSA) is 40.7 Å². The molecule has 2 aromatic heterocycles. The fourth-order valence-corrected chi connectivity index (χ4v) is 3.24. The second kappa shape index (κ2) is 6.40. The first-order valence-corrected chi connectivity index (χ1v) is 8.23. The molecule has 2 aromatic carbocycles. The van der Waals surface area contributed by atoms with E-state index in [4.69, 9.17) is 0 Å². The van der Waals surface area contributed by atoms with Crippen LogP contribution in [0.2, 0.25) is 0 Å². The monoisotopic (exact) mass is 331 g/mol. The van der Waals surface area contributed by atoms with Crippen LogP contribution in [0.25, 0.3) is 10.9 Å². The zero-order valence-corrected chi connectivity index (χ0v) is 13.8. The maximum absolute atomic E-state index is 14.2. The van der Waals surface area contributed by atoms with Gasteiger partial charge in [-0.3, -0.25) is 4.98 Å². The van der Waals surface area contributed by atoms with Crippen LogP contribution in [0.4, 0.5) is 10.1 Å². The molecule has 0 aliphatic heterocycles. The summed E-state index contributed by atoms with van der Waals surface area (Å²) in [5, 5.41) is 4.45. The van der Waals surface area contributed by atoms with Gasteiger partial charge in [0.05, 0.1) is 17.4 Å². The molecule has 1 atom stereocenters. The number of aromatic nitrogens is 2. The van der Waals surface area contributed by atoms with E-state index < -0.39 is 0 Å². The lowest BCUT2D eigenvalue weighted by Gasteiger charge is -2.21. The summed E-state index contributed by atoms with van der Waals surface area (Å²) in [4.78, 5) is 7.93. The Morgan fingerprint density at radius 1 is 0.960 bits per heavy atom. The van der Waals surface area contributed by atoms with Gasteiger partial charge >= 0.3 is 0 Å². The Balaban J connectivity index is 1.88. The summed E-state index contributed by atoms with van der Waals surface area (Å²) in [5.74, 6) is -0.277. The van der Waals surface area contributed by atoms with Gasteiger partial charge in [0.25, 0.3) is 0 Å². The second-order valence-corrected chi connectivity index (χ2v) is 6.02. The van der Waals surface area contributed by atoms with E-state index in [0.717, 1.165) is 27.9 Å². The second-order valence-electron chi connectivity index (χ2n) is 6.02. The third-order valence-corrected chi connectivity index (χ3v) is 4.39. The first-order valence-electron chi connectivity index (χ1n) is 8.23. The van der Waals surface area contributed by atoms with Gasteiger partial charge in [-0.15, -0.1) is 0 Å². The third-order valence-electron chi connectivity index (χ3n) is 4.39. The summed E-state index contributed by atoms with van der Waals surface area (Å²) in [6, 6.07) is 20.4. The van der Waals surface area contributed by atoms with Crippen molar-refractivity contribution in [1.82, 2.24) is 9.97 Å². The highest BCUT2D eigenvalue weighted by Crippen LogP contribution is 2.34. The molecule has 124 valence electrons. The van der Waals surface area contributed by atoms with E-state index in [9.17, 15) is 4.39 Å². The average molecular weight is 331 g/mol. The van der Waals surface area contributed by atoms with Crippen LogP contribution in [0.1, 0.15) is 23.0 Å². The highest BCUT2D eigenvalue weighted by molar-refractivity contribution is 5.86. The van der Waals surface area contributed by atoms with Crippen molar-refractivity contribution in [1.29, 1.82) is 0 Å². The molecule has 0 aliphatic carbocycles. The first-order chi connectivity index (χ1) is 12.2. The summed E-state index contributed by atoms with van der Waals surface area (Å²) >= 11 is 0. The molecule has 0 saturated heterocycles. The van der Waals surface area contributed by atoms with Gasteiger partial charge in [0.2, 0.25) is 0 Å². The van der Waals surface area contributed by atoms with Crippen LogP contribution >= 0.6 is 0 Å². The highest BCUT2D eigenvalue weighted by Gasteiger charge is 2.22. The Hall–Kier alpha value is -3.14. The largest absolute Gasteiger partial charge is 0.370 e. The molecule has 25 heavy (non-hydrogen) atoms. The molecule has 3 nitrogen and oxygen atoms in total. The van der Waals surface area contributed by atoms with Crippen molar-refractivity contribution in [2.24, 2.45) is 0 Å². The summed E-state index contributed by atoms with van der Waals surface area (Å²) < 4.78 is 14.2. The van der Waals surface area contributed by atoms with Gasteiger partial charge in [0.15, 0.2) is 0 Å². The molecule has 0 radical (unpaired) electrons. The standard InChI is InChI=1S/C21H18FN3/c1-14-20(15-8-2-4-10-17(15)24-14)21(19-12-6-7-13-23-19)25-18-11-5-3-9-16(18)22/h2-13,21,24-25H,1H3/t21-/m0/s1. The van der Waals surface area contributed by atoms with E-state index in [0.29, 0.717) is 5.69 Å². The summed E-state index contributed by atoms with van der Waals surface area (Å²) in [7, 11) is 0. The third kappa shape index (κ3) is 2.87. The number of fused-ring (bicyclic) bond motifs is 1. The van der Waals surface area contributed by atoms with Crippen molar-refractivity contribution in [3.8, 4) is 0 Å². The number of aromatic amines is 1. The van der Waals surface area contributed by atoms with Gasteiger partial charge in [0.1, 0.15) is 5.82 Å². The predicted molar refractivity (Wildman–Crippen MR) is 99.1 cm³/mol. The lowest BCUT2D eigenvalue weighted by molar-refractivity contribution is 0.628. The molecule has 2 heterocycles. The van der Waals surface area contributed by atoms with Crippen molar-refractivity contribution in [3.05, 3.63) is 95.7 Å². The summed E-state index contributed by atoms with van der Waals surface area (Å²) in [5.41, 5.74) is 4.49. The molecule has 0 amide bonds. The Kier molecular flexibility index (Phi) is 3.94. The maximum atomic E-state index is 14.2. The quantitative estimate of drug-likeness (QED) is 0.539. The first kappa shape index (κ1) is 15.4. The van der Waals surface area contributed by atoms with Gasteiger partial charge in [-0.05, 0) is 37.3 Å². The molecule has 0 aliphatic rings. The molecular formula is C21H18FN3.